The van der Waals surface area contributed by atoms with Gasteiger partial charge in [0.15, 0.2) is 0 Å². The van der Waals surface area contributed by atoms with Gasteiger partial charge < -0.3 is 10.4 Å². The third-order valence-corrected chi connectivity index (χ3v) is 2.51. The number of nitrogens with one attached hydrogen (secondary N) is 1. The molecule has 88 valence electrons. The summed E-state index contributed by atoms with van der Waals surface area (Å²) in [5.41, 5.74) is 1.23. The van der Waals surface area contributed by atoms with Gasteiger partial charge in [0.2, 0.25) is 0 Å². The quantitative estimate of drug-likeness (QED) is 0.744. The van der Waals surface area contributed by atoms with Gasteiger partial charge in [-0.05, 0) is 12.0 Å². The summed E-state index contributed by atoms with van der Waals surface area (Å²) >= 11 is 0. The first-order chi connectivity index (χ1) is 7.74. The van der Waals surface area contributed by atoms with Crippen LogP contribution in [0.2, 0.25) is 0 Å². The van der Waals surface area contributed by atoms with Gasteiger partial charge in [0.1, 0.15) is 0 Å². The van der Waals surface area contributed by atoms with Crippen LogP contribution in [-0.2, 0) is 4.79 Å². The number of hydrogen-bond donors (Lipinski definition) is 2. The zero-order valence-corrected chi connectivity index (χ0v) is 9.65. The van der Waals surface area contributed by atoms with Gasteiger partial charge in [0.05, 0.1) is 6.42 Å². The average Bonchev–Trinajstić information content (AvgIpc) is 2.29. The highest BCUT2D eigenvalue weighted by Crippen LogP contribution is 2.17. The Hall–Kier alpha value is -1.35. The Morgan fingerprint density at radius 3 is 2.62 bits per heavy atom. The maximum absolute atomic E-state index is 10.4. The Labute approximate surface area is 96.5 Å². The van der Waals surface area contributed by atoms with Crippen molar-refractivity contribution in [2.24, 2.45) is 0 Å². The molecule has 0 aliphatic heterocycles. The molecule has 1 aromatic carbocycles. The van der Waals surface area contributed by atoms with Gasteiger partial charge in [0.25, 0.3) is 0 Å². The lowest BCUT2D eigenvalue weighted by atomic mass is 10.0. The largest absolute Gasteiger partial charge is 0.481 e. The van der Waals surface area contributed by atoms with Crippen LogP contribution in [-0.4, -0.2) is 17.6 Å². The van der Waals surface area contributed by atoms with E-state index in [-0.39, 0.29) is 12.5 Å². The lowest BCUT2D eigenvalue weighted by molar-refractivity contribution is -0.136. The first-order valence-electron chi connectivity index (χ1n) is 5.74. The van der Waals surface area contributed by atoms with Gasteiger partial charge in [-0.1, -0.05) is 43.7 Å². The first-order valence-corrected chi connectivity index (χ1v) is 5.74. The highest BCUT2D eigenvalue weighted by Gasteiger charge is 2.09. The molecule has 3 heteroatoms. The van der Waals surface area contributed by atoms with Crippen LogP contribution in [0.15, 0.2) is 30.3 Å². The van der Waals surface area contributed by atoms with Crippen molar-refractivity contribution in [1.82, 2.24) is 5.32 Å². The van der Waals surface area contributed by atoms with E-state index in [1.165, 1.54) is 5.56 Å². The van der Waals surface area contributed by atoms with Crippen LogP contribution in [0.25, 0.3) is 0 Å². The second-order valence-electron chi connectivity index (χ2n) is 3.85. The van der Waals surface area contributed by atoms with Gasteiger partial charge in [-0.15, -0.1) is 0 Å². The van der Waals surface area contributed by atoms with E-state index >= 15 is 0 Å². The fourth-order valence-electron chi connectivity index (χ4n) is 1.71. The zero-order chi connectivity index (χ0) is 11.8. The molecule has 16 heavy (non-hydrogen) atoms. The molecule has 0 radical (unpaired) electrons. The maximum Gasteiger partial charge on any atom is 0.304 e. The molecule has 1 aromatic rings. The van der Waals surface area contributed by atoms with Gasteiger partial charge in [-0.3, -0.25) is 4.79 Å². The maximum atomic E-state index is 10.4. The topological polar surface area (TPSA) is 49.3 Å². The van der Waals surface area contributed by atoms with Crippen molar-refractivity contribution in [1.29, 1.82) is 0 Å². The van der Waals surface area contributed by atoms with Crippen molar-refractivity contribution < 1.29 is 9.90 Å². The van der Waals surface area contributed by atoms with Crippen LogP contribution in [0, 0.1) is 0 Å². The zero-order valence-electron chi connectivity index (χ0n) is 9.65. The number of carboxylic acid groups (broad SMARTS) is 1. The van der Waals surface area contributed by atoms with Crippen molar-refractivity contribution in [3.05, 3.63) is 35.9 Å². The molecule has 0 saturated heterocycles. The Kier molecular flexibility index (Phi) is 5.57. The minimum absolute atomic E-state index is 0.174. The summed E-state index contributed by atoms with van der Waals surface area (Å²) in [6.07, 6.45) is 2.29. The van der Waals surface area contributed by atoms with E-state index in [0.717, 1.165) is 12.8 Å². The van der Waals surface area contributed by atoms with Crippen LogP contribution in [0.4, 0.5) is 0 Å². The summed E-state index contributed by atoms with van der Waals surface area (Å²) in [4.78, 5) is 10.4. The minimum Gasteiger partial charge on any atom is -0.481 e. The van der Waals surface area contributed by atoms with Crippen LogP contribution in [0.1, 0.15) is 37.8 Å². The molecule has 1 unspecified atom stereocenters. The third-order valence-electron chi connectivity index (χ3n) is 2.51. The van der Waals surface area contributed by atoms with E-state index in [1.54, 1.807) is 0 Å². The Bertz CT molecular complexity index is 311. The molecule has 0 amide bonds. The summed E-state index contributed by atoms with van der Waals surface area (Å²) in [6.45, 7) is 2.66. The van der Waals surface area contributed by atoms with Crippen molar-refractivity contribution in [3.63, 3.8) is 0 Å². The molecular weight excluding hydrogens is 202 g/mol. The van der Waals surface area contributed by atoms with Crippen LogP contribution in [0.5, 0.6) is 0 Å². The molecule has 0 heterocycles. The molecule has 3 nitrogen and oxygen atoms in total. The SMILES string of the molecule is CCCC(NCCC(=O)O)c1ccccc1. The molecule has 2 N–H and O–H groups in total. The molecular formula is C13H19NO2. The smallest absolute Gasteiger partial charge is 0.304 e. The van der Waals surface area contributed by atoms with Crippen molar-refractivity contribution >= 4 is 5.97 Å². The number of benzene rings is 1. The number of hydrogen-bond acceptors (Lipinski definition) is 2. The fraction of sp³-hybridized carbons (Fsp3) is 0.462. The number of aliphatic carboxylic acids is 1. The molecule has 0 fully saturated rings. The van der Waals surface area contributed by atoms with Crippen LogP contribution >= 0.6 is 0 Å². The van der Waals surface area contributed by atoms with Crippen molar-refractivity contribution in [2.75, 3.05) is 6.54 Å². The van der Waals surface area contributed by atoms with E-state index in [1.807, 2.05) is 18.2 Å². The molecule has 1 atom stereocenters. The minimum atomic E-state index is -0.754. The second-order valence-corrected chi connectivity index (χ2v) is 3.85. The van der Waals surface area contributed by atoms with E-state index in [0.29, 0.717) is 6.54 Å². The first kappa shape index (κ1) is 12.7. The number of rotatable bonds is 7. The molecule has 0 aliphatic carbocycles. The monoisotopic (exact) mass is 221 g/mol. The Morgan fingerprint density at radius 2 is 2.06 bits per heavy atom. The standard InChI is InChI=1S/C13H19NO2/c1-2-6-12(14-10-9-13(15)16)11-7-4-3-5-8-11/h3-5,7-8,12,14H,2,6,9-10H2,1H3,(H,15,16). The lowest BCUT2D eigenvalue weighted by Gasteiger charge is -2.17. The van der Waals surface area contributed by atoms with Crippen molar-refractivity contribution in [3.8, 4) is 0 Å². The summed E-state index contributed by atoms with van der Waals surface area (Å²) in [7, 11) is 0. The van der Waals surface area contributed by atoms with Gasteiger partial charge in [-0.2, -0.15) is 0 Å². The molecule has 1 rings (SSSR count). The van der Waals surface area contributed by atoms with E-state index in [4.69, 9.17) is 5.11 Å². The third kappa shape index (κ3) is 4.45. The average molecular weight is 221 g/mol. The van der Waals surface area contributed by atoms with E-state index in [9.17, 15) is 4.79 Å². The summed E-state index contributed by atoms with van der Waals surface area (Å²) in [5, 5.41) is 11.9. The summed E-state index contributed by atoms with van der Waals surface area (Å²) in [6, 6.07) is 10.4. The molecule has 0 bridgehead atoms. The van der Waals surface area contributed by atoms with Crippen LogP contribution in [0.3, 0.4) is 0 Å². The molecule has 0 spiro atoms. The fourth-order valence-corrected chi connectivity index (χ4v) is 1.71. The Morgan fingerprint density at radius 1 is 1.38 bits per heavy atom. The van der Waals surface area contributed by atoms with E-state index in [2.05, 4.69) is 24.4 Å². The predicted octanol–water partition coefficient (Wildman–Crippen LogP) is 2.59. The predicted molar refractivity (Wildman–Crippen MR) is 64.3 cm³/mol. The highest BCUT2D eigenvalue weighted by atomic mass is 16.4. The highest BCUT2D eigenvalue weighted by molar-refractivity contribution is 5.66. The summed E-state index contributed by atoms with van der Waals surface area (Å²) in [5.74, 6) is -0.754. The number of carbonyl (C=O) groups is 1. The Balaban J connectivity index is 2.51. The normalized spacial score (nSPS) is 12.3. The molecule has 0 aliphatic rings. The van der Waals surface area contributed by atoms with Crippen LogP contribution < -0.4 is 5.32 Å². The molecule has 0 aromatic heterocycles. The molecule has 0 saturated carbocycles. The van der Waals surface area contributed by atoms with Gasteiger partial charge in [-0.25, -0.2) is 0 Å². The second kappa shape index (κ2) is 7.01. The van der Waals surface area contributed by atoms with Gasteiger partial charge in [0, 0.05) is 12.6 Å². The van der Waals surface area contributed by atoms with Gasteiger partial charge >= 0.3 is 5.97 Å². The van der Waals surface area contributed by atoms with Crippen molar-refractivity contribution in [2.45, 2.75) is 32.2 Å². The van der Waals surface area contributed by atoms with E-state index < -0.39 is 5.97 Å². The summed E-state index contributed by atoms with van der Waals surface area (Å²) < 4.78 is 0. The lowest BCUT2D eigenvalue weighted by Crippen LogP contribution is -2.24. The number of carboxylic acids is 1.